The zero-order valence-corrected chi connectivity index (χ0v) is 10.5. The monoisotopic (exact) mass is 229 g/mol. The molecular weight excluding hydrogens is 206 g/mol. The van der Waals surface area contributed by atoms with Gasteiger partial charge < -0.3 is 9.84 Å². The molecule has 4 heteroatoms. The molecule has 0 aromatic rings. The number of aliphatic carboxylic acids is 1. The van der Waals surface area contributed by atoms with Crippen LogP contribution in [0.3, 0.4) is 0 Å². The van der Waals surface area contributed by atoms with Crippen molar-refractivity contribution in [2.45, 2.75) is 51.1 Å². The van der Waals surface area contributed by atoms with Crippen LogP contribution in [0.5, 0.6) is 0 Å². The van der Waals surface area contributed by atoms with Crippen LogP contribution in [0, 0.1) is 0 Å². The summed E-state index contributed by atoms with van der Waals surface area (Å²) >= 11 is 0. The molecule has 16 heavy (non-hydrogen) atoms. The summed E-state index contributed by atoms with van der Waals surface area (Å²) in [7, 11) is 1.66. The Bertz CT molecular complexity index is 236. The summed E-state index contributed by atoms with van der Waals surface area (Å²) in [6, 6.07) is 0.157. The molecule has 0 heterocycles. The van der Waals surface area contributed by atoms with E-state index >= 15 is 0 Å². The second-order valence-electron chi connectivity index (χ2n) is 4.63. The largest absolute Gasteiger partial charge is 0.480 e. The topological polar surface area (TPSA) is 49.8 Å². The van der Waals surface area contributed by atoms with E-state index < -0.39 is 11.5 Å². The van der Waals surface area contributed by atoms with E-state index in [4.69, 9.17) is 4.74 Å². The number of hydrogen-bond donors (Lipinski definition) is 1. The Morgan fingerprint density at radius 2 is 2.06 bits per heavy atom. The van der Waals surface area contributed by atoms with Crippen molar-refractivity contribution in [1.82, 2.24) is 4.90 Å². The van der Waals surface area contributed by atoms with Crippen LogP contribution in [0.4, 0.5) is 0 Å². The maximum atomic E-state index is 11.6. The molecule has 0 amide bonds. The van der Waals surface area contributed by atoms with E-state index in [-0.39, 0.29) is 6.04 Å². The smallest absolute Gasteiger partial charge is 0.324 e. The van der Waals surface area contributed by atoms with Gasteiger partial charge in [-0.15, -0.1) is 0 Å². The molecule has 1 rings (SSSR count). The third-order valence-electron chi connectivity index (χ3n) is 3.66. The van der Waals surface area contributed by atoms with E-state index in [2.05, 4.69) is 4.90 Å². The van der Waals surface area contributed by atoms with Crippen LogP contribution >= 0.6 is 0 Å². The highest BCUT2D eigenvalue weighted by molar-refractivity contribution is 5.79. The van der Waals surface area contributed by atoms with Crippen molar-refractivity contribution in [3.63, 3.8) is 0 Å². The fourth-order valence-electron chi connectivity index (χ4n) is 2.95. The molecule has 0 aromatic carbocycles. The van der Waals surface area contributed by atoms with E-state index in [9.17, 15) is 9.90 Å². The van der Waals surface area contributed by atoms with Crippen molar-refractivity contribution in [2.24, 2.45) is 0 Å². The van der Waals surface area contributed by atoms with Gasteiger partial charge in [0.2, 0.25) is 0 Å². The lowest BCUT2D eigenvalue weighted by Gasteiger charge is -2.41. The minimum absolute atomic E-state index is 0.157. The van der Waals surface area contributed by atoms with Crippen molar-refractivity contribution in [2.75, 3.05) is 20.3 Å². The molecule has 1 unspecified atom stereocenters. The predicted molar refractivity (Wildman–Crippen MR) is 62.6 cm³/mol. The number of nitrogens with zero attached hydrogens (tertiary/aromatic N) is 1. The van der Waals surface area contributed by atoms with Crippen molar-refractivity contribution >= 4 is 5.97 Å². The second-order valence-corrected chi connectivity index (χ2v) is 4.63. The SMILES string of the molecule is CCN(C(C)COC)C1(C(=O)O)CCCC1. The van der Waals surface area contributed by atoms with Gasteiger partial charge in [-0.1, -0.05) is 19.8 Å². The lowest BCUT2D eigenvalue weighted by atomic mass is 9.93. The first-order chi connectivity index (χ1) is 7.58. The van der Waals surface area contributed by atoms with Gasteiger partial charge >= 0.3 is 5.97 Å². The zero-order chi connectivity index (χ0) is 12.2. The molecule has 0 bridgehead atoms. The highest BCUT2D eigenvalue weighted by Gasteiger charge is 2.47. The van der Waals surface area contributed by atoms with E-state index in [1.807, 2.05) is 13.8 Å². The molecule has 0 aliphatic heterocycles. The van der Waals surface area contributed by atoms with Gasteiger partial charge in [-0.25, -0.2) is 0 Å². The van der Waals surface area contributed by atoms with Crippen LogP contribution in [0.1, 0.15) is 39.5 Å². The van der Waals surface area contributed by atoms with Crippen LogP contribution in [0.2, 0.25) is 0 Å². The van der Waals surface area contributed by atoms with Gasteiger partial charge in [0.05, 0.1) is 6.61 Å². The van der Waals surface area contributed by atoms with Gasteiger partial charge in [0.1, 0.15) is 5.54 Å². The Balaban J connectivity index is 2.86. The molecule has 1 N–H and O–H groups in total. The van der Waals surface area contributed by atoms with Crippen molar-refractivity contribution in [1.29, 1.82) is 0 Å². The standard InChI is InChI=1S/C12H23NO3/c1-4-13(10(2)9-16-3)12(11(14)15)7-5-6-8-12/h10H,4-9H2,1-3H3,(H,14,15). The number of hydrogen-bond acceptors (Lipinski definition) is 3. The van der Waals surface area contributed by atoms with Gasteiger partial charge in [-0.05, 0) is 26.3 Å². The fraction of sp³-hybridized carbons (Fsp3) is 0.917. The fourth-order valence-corrected chi connectivity index (χ4v) is 2.95. The molecule has 1 fully saturated rings. The second kappa shape index (κ2) is 5.64. The molecule has 0 radical (unpaired) electrons. The maximum absolute atomic E-state index is 11.6. The molecule has 94 valence electrons. The van der Waals surface area contributed by atoms with Gasteiger partial charge in [0.15, 0.2) is 0 Å². The maximum Gasteiger partial charge on any atom is 0.324 e. The van der Waals surface area contributed by atoms with Crippen molar-refractivity contribution in [3.8, 4) is 0 Å². The van der Waals surface area contributed by atoms with Crippen LogP contribution in [0.25, 0.3) is 0 Å². The molecule has 0 spiro atoms. The number of likely N-dealkylation sites (N-methyl/N-ethyl adjacent to an activating group) is 1. The van der Waals surface area contributed by atoms with E-state index in [1.54, 1.807) is 7.11 Å². The minimum atomic E-state index is -0.671. The summed E-state index contributed by atoms with van der Waals surface area (Å²) in [5.74, 6) is -0.671. The van der Waals surface area contributed by atoms with Crippen LogP contribution in [0.15, 0.2) is 0 Å². The van der Waals surface area contributed by atoms with Crippen molar-refractivity contribution < 1.29 is 14.6 Å². The summed E-state index contributed by atoms with van der Waals surface area (Å²) in [5, 5.41) is 9.50. The van der Waals surface area contributed by atoms with Crippen molar-refractivity contribution in [3.05, 3.63) is 0 Å². The first kappa shape index (κ1) is 13.5. The Labute approximate surface area is 97.6 Å². The number of ether oxygens (including phenoxy) is 1. The summed E-state index contributed by atoms with van der Waals surface area (Å²) in [4.78, 5) is 13.6. The molecule has 1 atom stereocenters. The van der Waals surface area contributed by atoms with Crippen LogP contribution < -0.4 is 0 Å². The van der Waals surface area contributed by atoms with Gasteiger partial charge in [-0.2, -0.15) is 0 Å². The molecule has 1 aliphatic rings. The lowest BCUT2D eigenvalue weighted by molar-refractivity contribution is -0.153. The average Bonchev–Trinajstić information content (AvgIpc) is 2.69. The molecule has 0 aromatic heterocycles. The minimum Gasteiger partial charge on any atom is -0.480 e. The Morgan fingerprint density at radius 1 is 1.50 bits per heavy atom. The first-order valence-corrected chi connectivity index (χ1v) is 6.07. The summed E-state index contributed by atoms with van der Waals surface area (Å²) in [6.07, 6.45) is 3.57. The van der Waals surface area contributed by atoms with E-state index in [0.29, 0.717) is 6.61 Å². The predicted octanol–water partition coefficient (Wildman–Crippen LogP) is 1.74. The Hall–Kier alpha value is -0.610. The molecule has 4 nitrogen and oxygen atoms in total. The van der Waals surface area contributed by atoms with Gasteiger partial charge in [0, 0.05) is 13.2 Å². The number of rotatable bonds is 6. The number of carboxylic acids is 1. The normalized spacial score (nSPS) is 21.2. The summed E-state index contributed by atoms with van der Waals surface area (Å²) in [6.45, 7) is 5.41. The third kappa shape index (κ3) is 2.38. The zero-order valence-electron chi connectivity index (χ0n) is 10.5. The number of carbonyl (C=O) groups is 1. The highest BCUT2D eigenvalue weighted by atomic mass is 16.5. The van der Waals surface area contributed by atoms with E-state index in [0.717, 1.165) is 32.2 Å². The first-order valence-electron chi connectivity index (χ1n) is 6.07. The Kier molecular flexibility index (Phi) is 4.74. The molecular formula is C12H23NO3. The molecule has 1 saturated carbocycles. The quantitative estimate of drug-likeness (QED) is 0.753. The van der Waals surface area contributed by atoms with Crippen LogP contribution in [-0.2, 0) is 9.53 Å². The lowest BCUT2D eigenvalue weighted by Crippen LogP contribution is -2.57. The Morgan fingerprint density at radius 3 is 2.44 bits per heavy atom. The molecule has 1 aliphatic carbocycles. The van der Waals surface area contributed by atoms with Gasteiger partial charge in [0.25, 0.3) is 0 Å². The number of methoxy groups -OCH3 is 1. The summed E-state index contributed by atoms with van der Waals surface area (Å²) < 4.78 is 5.14. The van der Waals surface area contributed by atoms with Crippen LogP contribution in [-0.4, -0.2) is 47.8 Å². The average molecular weight is 229 g/mol. The van der Waals surface area contributed by atoms with Gasteiger partial charge in [-0.3, -0.25) is 9.69 Å². The third-order valence-corrected chi connectivity index (χ3v) is 3.66. The number of carboxylic acid groups (broad SMARTS) is 1. The van der Waals surface area contributed by atoms with E-state index in [1.165, 1.54) is 0 Å². The summed E-state index contributed by atoms with van der Waals surface area (Å²) in [5.41, 5.74) is -0.646. The highest BCUT2D eigenvalue weighted by Crippen LogP contribution is 2.36. The molecule has 0 saturated heterocycles.